The zero-order valence-electron chi connectivity index (χ0n) is 9.86. The van der Waals surface area contributed by atoms with Crippen LogP contribution in [0.3, 0.4) is 0 Å². The van der Waals surface area contributed by atoms with Crippen molar-refractivity contribution >= 4 is 0 Å². The third kappa shape index (κ3) is 13.0. The van der Waals surface area contributed by atoms with Gasteiger partial charge in [0.2, 0.25) is 0 Å². The summed E-state index contributed by atoms with van der Waals surface area (Å²) in [7, 11) is 0. The van der Waals surface area contributed by atoms with Crippen LogP contribution < -0.4 is 0 Å². The molecule has 0 saturated heterocycles. The van der Waals surface area contributed by atoms with Crippen LogP contribution >= 0.6 is 0 Å². The van der Waals surface area contributed by atoms with Gasteiger partial charge in [0.15, 0.2) is 0 Å². The van der Waals surface area contributed by atoms with E-state index in [1.54, 1.807) is 0 Å². The molecule has 0 aromatic heterocycles. The Morgan fingerprint density at radius 3 is 1.44 bits per heavy atom. The standard InChI is InChI=1S/C12H22O4/c1-3-13-7-5-9-15-11-12-16-10-6-8-14-4-2/h3-4H,1-2,5-12H2. The van der Waals surface area contributed by atoms with Crippen molar-refractivity contribution < 1.29 is 18.9 Å². The highest BCUT2D eigenvalue weighted by Crippen LogP contribution is 1.88. The van der Waals surface area contributed by atoms with Gasteiger partial charge in [-0.1, -0.05) is 13.2 Å². The van der Waals surface area contributed by atoms with Crippen molar-refractivity contribution in [3.05, 3.63) is 25.7 Å². The molecule has 0 aliphatic heterocycles. The first-order valence-electron chi connectivity index (χ1n) is 5.52. The predicted octanol–water partition coefficient (Wildman–Crippen LogP) is 2.12. The molecule has 4 nitrogen and oxygen atoms in total. The van der Waals surface area contributed by atoms with Gasteiger partial charge in [-0.05, 0) is 0 Å². The molecule has 0 fully saturated rings. The summed E-state index contributed by atoms with van der Waals surface area (Å²) in [5, 5.41) is 0. The van der Waals surface area contributed by atoms with Crippen molar-refractivity contribution in [1.29, 1.82) is 0 Å². The second kappa shape index (κ2) is 14.0. The zero-order chi connectivity index (χ0) is 11.9. The Hall–Kier alpha value is -1.00. The summed E-state index contributed by atoms with van der Waals surface area (Å²) in [4.78, 5) is 0. The third-order valence-electron chi connectivity index (χ3n) is 1.71. The maximum atomic E-state index is 5.32. The smallest absolute Gasteiger partial charge is 0.0895 e. The van der Waals surface area contributed by atoms with Gasteiger partial charge in [-0.2, -0.15) is 0 Å². The first kappa shape index (κ1) is 15.0. The highest BCUT2D eigenvalue weighted by Gasteiger charge is 1.91. The Morgan fingerprint density at radius 2 is 1.06 bits per heavy atom. The molecule has 0 saturated carbocycles. The maximum Gasteiger partial charge on any atom is 0.0895 e. The summed E-state index contributed by atoms with van der Waals surface area (Å²) in [5.41, 5.74) is 0. The average molecular weight is 230 g/mol. The molecular weight excluding hydrogens is 208 g/mol. The van der Waals surface area contributed by atoms with E-state index in [1.807, 2.05) is 0 Å². The summed E-state index contributed by atoms with van der Waals surface area (Å²) in [6.45, 7) is 10.8. The second-order valence-corrected chi connectivity index (χ2v) is 3.01. The van der Waals surface area contributed by atoms with Crippen LogP contribution in [0.5, 0.6) is 0 Å². The molecule has 0 aromatic rings. The summed E-state index contributed by atoms with van der Waals surface area (Å²) >= 11 is 0. The molecule has 0 aliphatic rings. The number of hydrogen-bond acceptors (Lipinski definition) is 4. The monoisotopic (exact) mass is 230 g/mol. The molecule has 0 bridgehead atoms. The minimum atomic E-state index is 0.621. The van der Waals surface area contributed by atoms with Crippen molar-refractivity contribution in [2.45, 2.75) is 12.8 Å². The molecule has 0 aromatic carbocycles. The van der Waals surface area contributed by atoms with Gasteiger partial charge in [-0.25, -0.2) is 0 Å². The van der Waals surface area contributed by atoms with Crippen molar-refractivity contribution in [3.63, 3.8) is 0 Å². The first-order valence-corrected chi connectivity index (χ1v) is 5.52. The zero-order valence-corrected chi connectivity index (χ0v) is 9.86. The summed E-state index contributed by atoms with van der Waals surface area (Å²) < 4.78 is 20.5. The fraction of sp³-hybridized carbons (Fsp3) is 0.667. The van der Waals surface area contributed by atoms with E-state index in [0.717, 1.165) is 12.8 Å². The fourth-order valence-corrected chi connectivity index (χ4v) is 0.977. The van der Waals surface area contributed by atoms with Gasteiger partial charge in [0.1, 0.15) is 0 Å². The molecule has 94 valence electrons. The van der Waals surface area contributed by atoms with Crippen molar-refractivity contribution in [2.24, 2.45) is 0 Å². The third-order valence-corrected chi connectivity index (χ3v) is 1.71. The van der Waals surface area contributed by atoms with Crippen LogP contribution in [0.4, 0.5) is 0 Å². The maximum absolute atomic E-state index is 5.32. The van der Waals surface area contributed by atoms with Crippen molar-refractivity contribution in [2.75, 3.05) is 39.6 Å². The Kier molecular flexibility index (Phi) is 13.1. The minimum Gasteiger partial charge on any atom is -0.502 e. The lowest BCUT2D eigenvalue weighted by atomic mass is 10.5. The highest BCUT2D eigenvalue weighted by molar-refractivity contribution is 4.49. The summed E-state index contributed by atoms with van der Waals surface area (Å²) in [6.07, 6.45) is 4.63. The molecular formula is C12H22O4. The Bertz CT molecular complexity index is 141. The van der Waals surface area contributed by atoms with E-state index in [4.69, 9.17) is 18.9 Å². The lowest BCUT2D eigenvalue weighted by Crippen LogP contribution is -2.08. The molecule has 0 aliphatic carbocycles. The van der Waals surface area contributed by atoms with Gasteiger partial charge in [0.05, 0.1) is 39.0 Å². The minimum absolute atomic E-state index is 0.621. The van der Waals surface area contributed by atoms with E-state index < -0.39 is 0 Å². The van der Waals surface area contributed by atoms with Gasteiger partial charge >= 0.3 is 0 Å². The van der Waals surface area contributed by atoms with Crippen LogP contribution in [0.1, 0.15) is 12.8 Å². The SMILES string of the molecule is C=COCCCOCCOCCCOC=C. The van der Waals surface area contributed by atoms with Crippen LogP contribution in [-0.4, -0.2) is 39.6 Å². The second-order valence-electron chi connectivity index (χ2n) is 3.01. The molecule has 0 radical (unpaired) electrons. The molecule has 0 rings (SSSR count). The van der Waals surface area contributed by atoms with Crippen molar-refractivity contribution in [3.8, 4) is 0 Å². The van der Waals surface area contributed by atoms with Gasteiger partial charge in [-0.3, -0.25) is 0 Å². The fourth-order valence-electron chi connectivity index (χ4n) is 0.977. The van der Waals surface area contributed by atoms with Crippen molar-refractivity contribution in [1.82, 2.24) is 0 Å². The predicted molar refractivity (Wildman–Crippen MR) is 63.2 cm³/mol. The highest BCUT2D eigenvalue weighted by atomic mass is 16.5. The van der Waals surface area contributed by atoms with Crippen LogP contribution in [0, 0.1) is 0 Å². The number of rotatable bonds is 13. The lowest BCUT2D eigenvalue weighted by Gasteiger charge is -2.05. The molecule has 0 amide bonds. The Morgan fingerprint density at radius 1 is 0.625 bits per heavy atom. The first-order chi connectivity index (χ1) is 7.91. The molecule has 4 heteroatoms. The van der Waals surface area contributed by atoms with E-state index in [1.165, 1.54) is 12.5 Å². The van der Waals surface area contributed by atoms with E-state index in [2.05, 4.69) is 13.2 Å². The average Bonchev–Trinajstić information content (AvgIpc) is 2.31. The molecule has 0 spiro atoms. The normalized spacial score (nSPS) is 9.75. The molecule has 0 atom stereocenters. The molecule has 0 heterocycles. The van der Waals surface area contributed by atoms with E-state index in [-0.39, 0.29) is 0 Å². The van der Waals surface area contributed by atoms with Gasteiger partial charge in [-0.15, -0.1) is 0 Å². The van der Waals surface area contributed by atoms with Crippen LogP contribution in [0.25, 0.3) is 0 Å². The summed E-state index contributed by atoms with van der Waals surface area (Å²) in [5.74, 6) is 0. The summed E-state index contributed by atoms with van der Waals surface area (Å²) in [6, 6.07) is 0. The molecule has 16 heavy (non-hydrogen) atoms. The van der Waals surface area contributed by atoms with Gasteiger partial charge < -0.3 is 18.9 Å². The number of hydrogen-bond donors (Lipinski definition) is 0. The van der Waals surface area contributed by atoms with Crippen LogP contribution in [-0.2, 0) is 18.9 Å². The van der Waals surface area contributed by atoms with E-state index >= 15 is 0 Å². The van der Waals surface area contributed by atoms with E-state index in [0.29, 0.717) is 39.6 Å². The lowest BCUT2D eigenvalue weighted by molar-refractivity contribution is 0.0367. The van der Waals surface area contributed by atoms with Gasteiger partial charge in [0.25, 0.3) is 0 Å². The topological polar surface area (TPSA) is 36.9 Å². The van der Waals surface area contributed by atoms with E-state index in [9.17, 15) is 0 Å². The molecule has 0 unspecified atom stereocenters. The molecule has 0 N–H and O–H groups in total. The number of ether oxygens (including phenoxy) is 4. The Labute approximate surface area is 97.8 Å². The quantitative estimate of drug-likeness (QED) is 0.359. The van der Waals surface area contributed by atoms with Gasteiger partial charge in [0, 0.05) is 26.1 Å². The van der Waals surface area contributed by atoms with Crippen LogP contribution in [0.2, 0.25) is 0 Å². The largest absolute Gasteiger partial charge is 0.502 e. The Balaban J connectivity index is 2.87. The van der Waals surface area contributed by atoms with Crippen LogP contribution in [0.15, 0.2) is 25.7 Å².